The van der Waals surface area contributed by atoms with Gasteiger partial charge in [-0.25, -0.2) is 12.7 Å². The van der Waals surface area contributed by atoms with Crippen molar-refractivity contribution in [1.29, 1.82) is 0 Å². The Morgan fingerprint density at radius 2 is 1.95 bits per heavy atom. The number of hydrogen-bond acceptors (Lipinski definition) is 6. The quantitative estimate of drug-likeness (QED) is 0.720. The molecule has 3 atom stereocenters. The van der Waals surface area contributed by atoms with Gasteiger partial charge in [-0.3, -0.25) is 9.59 Å². The van der Waals surface area contributed by atoms with E-state index in [0.29, 0.717) is 0 Å². The summed E-state index contributed by atoms with van der Waals surface area (Å²) in [6.45, 7) is 0.108. The smallest absolute Gasteiger partial charge is 0.269 e. The summed E-state index contributed by atoms with van der Waals surface area (Å²) in [7, 11) is -3.95. The van der Waals surface area contributed by atoms with Crippen molar-refractivity contribution in [1.82, 2.24) is 4.31 Å². The molecule has 0 spiro atoms. The third-order valence-corrected chi connectivity index (χ3v) is 5.83. The molecule has 0 unspecified atom stereocenters. The zero-order valence-corrected chi connectivity index (χ0v) is 11.6. The normalized spacial score (nSPS) is 33.3. The van der Waals surface area contributed by atoms with E-state index in [0.717, 1.165) is 4.31 Å². The Morgan fingerprint density at radius 3 is 2.71 bits per heavy atom. The van der Waals surface area contributed by atoms with Crippen molar-refractivity contribution < 1.29 is 27.5 Å². The number of benzene rings is 1. The molecule has 2 bridgehead atoms. The molecule has 0 aromatic heterocycles. The summed E-state index contributed by atoms with van der Waals surface area (Å²) in [5.41, 5.74) is 0.131. The third-order valence-electron chi connectivity index (χ3n) is 3.97. The maximum absolute atomic E-state index is 12.6. The van der Waals surface area contributed by atoms with E-state index >= 15 is 0 Å². The lowest BCUT2D eigenvalue weighted by Gasteiger charge is -2.32. The Kier molecular flexibility index (Phi) is 2.54. The van der Waals surface area contributed by atoms with Crippen molar-refractivity contribution in [3.63, 3.8) is 0 Å². The number of fused-ring (bicyclic) bond motifs is 3. The lowest BCUT2D eigenvalue weighted by atomic mass is 10.0. The highest BCUT2D eigenvalue weighted by molar-refractivity contribution is 7.90. The maximum Gasteiger partial charge on any atom is 0.269 e. The second-order valence-corrected chi connectivity index (χ2v) is 6.96. The van der Waals surface area contributed by atoms with Gasteiger partial charge in [0.1, 0.15) is 11.0 Å². The zero-order valence-electron chi connectivity index (χ0n) is 10.8. The Bertz CT molecular complexity index is 758. The molecule has 1 aromatic rings. The molecule has 2 fully saturated rings. The second kappa shape index (κ2) is 4.12. The first kappa shape index (κ1) is 12.9. The highest BCUT2D eigenvalue weighted by atomic mass is 32.2. The molecular weight excluding hydrogens is 298 g/mol. The lowest BCUT2D eigenvalue weighted by molar-refractivity contribution is -0.155. The number of sulfonamides is 1. The van der Waals surface area contributed by atoms with Crippen LogP contribution in [0.1, 0.15) is 16.8 Å². The predicted octanol–water partition coefficient (Wildman–Crippen LogP) is -0.0860. The van der Waals surface area contributed by atoms with Crippen molar-refractivity contribution in [3.8, 4) is 0 Å². The van der Waals surface area contributed by atoms with Gasteiger partial charge >= 0.3 is 0 Å². The van der Waals surface area contributed by atoms with Crippen molar-refractivity contribution in [2.45, 2.75) is 29.8 Å². The molecular formula is C13H11NO6S. The molecule has 8 heteroatoms. The molecule has 0 aliphatic carbocycles. The van der Waals surface area contributed by atoms with Crippen molar-refractivity contribution >= 4 is 21.7 Å². The molecule has 21 heavy (non-hydrogen) atoms. The fourth-order valence-electron chi connectivity index (χ4n) is 2.99. The first-order valence-corrected chi connectivity index (χ1v) is 7.92. The number of ether oxygens (including phenoxy) is 2. The minimum absolute atomic E-state index is 0.0245. The van der Waals surface area contributed by atoms with Gasteiger partial charge in [-0.2, -0.15) is 0 Å². The lowest BCUT2D eigenvalue weighted by Crippen LogP contribution is -2.52. The van der Waals surface area contributed by atoms with Crippen LogP contribution in [0.4, 0.5) is 0 Å². The Morgan fingerprint density at radius 1 is 1.19 bits per heavy atom. The van der Waals surface area contributed by atoms with E-state index in [9.17, 15) is 18.0 Å². The SMILES string of the molecule is O=C1C[C@@H](N2C(=O)c3ccccc3S2(=O)=O)[C@@H]2CO[C@H]1O2. The largest absolute Gasteiger partial charge is 0.343 e. The van der Waals surface area contributed by atoms with E-state index < -0.39 is 34.4 Å². The topological polar surface area (TPSA) is 90.0 Å². The Hall–Kier alpha value is -1.77. The van der Waals surface area contributed by atoms with Gasteiger partial charge in [0.15, 0.2) is 5.78 Å². The van der Waals surface area contributed by atoms with Gasteiger partial charge in [0.25, 0.3) is 15.9 Å². The molecule has 110 valence electrons. The minimum atomic E-state index is -3.95. The van der Waals surface area contributed by atoms with Crippen molar-refractivity contribution in [3.05, 3.63) is 29.8 Å². The van der Waals surface area contributed by atoms with Crippen molar-refractivity contribution in [2.75, 3.05) is 6.61 Å². The van der Waals surface area contributed by atoms with Crippen LogP contribution < -0.4 is 0 Å². The van der Waals surface area contributed by atoms with Gasteiger partial charge in [-0.05, 0) is 12.1 Å². The highest BCUT2D eigenvalue weighted by Gasteiger charge is 2.53. The number of rotatable bonds is 1. The van der Waals surface area contributed by atoms with Gasteiger partial charge < -0.3 is 9.47 Å². The highest BCUT2D eigenvalue weighted by Crippen LogP contribution is 2.37. The standard InChI is InChI=1S/C13H11NO6S/c15-9-5-8(10-6-19-13(9)20-10)14-12(16)7-3-1-2-4-11(7)21(14,17)18/h1-4,8,10,13H,5-6H2/t8-,10+,13+/m1/s1. The minimum Gasteiger partial charge on any atom is -0.343 e. The molecule has 1 amide bonds. The second-order valence-electron chi connectivity index (χ2n) is 5.18. The number of ketones is 1. The molecule has 3 aliphatic heterocycles. The van der Waals surface area contributed by atoms with E-state index in [1.165, 1.54) is 12.1 Å². The Balaban J connectivity index is 1.80. The summed E-state index contributed by atoms with van der Waals surface area (Å²) in [5, 5.41) is 0. The summed E-state index contributed by atoms with van der Waals surface area (Å²) in [6.07, 6.45) is -1.59. The molecule has 0 radical (unpaired) electrons. The number of carbonyl (C=O) groups excluding carboxylic acids is 2. The summed E-state index contributed by atoms with van der Waals surface area (Å²) in [5.74, 6) is -0.954. The summed E-state index contributed by atoms with van der Waals surface area (Å²) in [6, 6.07) is 5.18. The third kappa shape index (κ3) is 1.63. The van der Waals surface area contributed by atoms with Crippen LogP contribution >= 0.6 is 0 Å². The summed E-state index contributed by atoms with van der Waals surface area (Å²) in [4.78, 5) is 24.2. The van der Waals surface area contributed by atoms with E-state index in [1.54, 1.807) is 12.1 Å². The molecule has 0 saturated carbocycles. The fourth-order valence-corrected chi connectivity index (χ4v) is 4.77. The van der Waals surface area contributed by atoms with Crippen LogP contribution in [0, 0.1) is 0 Å². The molecule has 1 aromatic carbocycles. The van der Waals surface area contributed by atoms with Gasteiger partial charge in [0, 0.05) is 6.42 Å². The van der Waals surface area contributed by atoms with Crippen LogP contribution in [0.15, 0.2) is 29.2 Å². The number of hydrogen-bond donors (Lipinski definition) is 0. The van der Waals surface area contributed by atoms with Crippen molar-refractivity contribution in [2.24, 2.45) is 0 Å². The van der Waals surface area contributed by atoms with E-state index in [4.69, 9.17) is 9.47 Å². The maximum atomic E-state index is 12.6. The van der Waals surface area contributed by atoms with Gasteiger partial charge in [0.2, 0.25) is 6.29 Å². The molecule has 7 nitrogen and oxygen atoms in total. The van der Waals surface area contributed by atoms with Gasteiger partial charge in [0.05, 0.1) is 18.2 Å². The monoisotopic (exact) mass is 309 g/mol. The first-order chi connectivity index (χ1) is 10.00. The Labute approximate surface area is 120 Å². The molecule has 0 N–H and O–H groups in total. The van der Waals surface area contributed by atoms with Gasteiger partial charge in [-0.15, -0.1) is 0 Å². The van der Waals surface area contributed by atoms with Crippen LogP contribution in [0.5, 0.6) is 0 Å². The first-order valence-electron chi connectivity index (χ1n) is 6.48. The van der Waals surface area contributed by atoms with Crippen LogP contribution in [-0.4, -0.2) is 49.5 Å². The molecule has 3 aliphatic rings. The average Bonchev–Trinajstić information content (AvgIpc) is 2.97. The van der Waals surface area contributed by atoms with Crippen LogP contribution in [0.25, 0.3) is 0 Å². The molecule has 4 rings (SSSR count). The predicted molar refractivity (Wildman–Crippen MR) is 67.8 cm³/mol. The summed E-state index contributed by atoms with van der Waals surface area (Å²) >= 11 is 0. The summed E-state index contributed by atoms with van der Waals surface area (Å²) < 4.78 is 36.4. The van der Waals surface area contributed by atoms with E-state index in [1.807, 2.05) is 0 Å². The van der Waals surface area contributed by atoms with E-state index in [2.05, 4.69) is 0 Å². The number of Topliss-reactive ketones (excluding diaryl/α,β-unsaturated/α-hetero) is 1. The van der Waals surface area contributed by atoms with Crippen LogP contribution in [-0.2, 0) is 24.3 Å². The number of carbonyl (C=O) groups is 2. The average molecular weight is 309 g/mol. The van der Waals surface area contributed by atoms with Crippen LogP contribution in [0.2, 0.25) is 0 Å². The fraction of sp³-hybridized carbons (Fsp3) is 0.385. The van der Waals surface area contributed by atoms with Gasteiger partial charge in [-0.1, -0.05) is 12.1 Å². The van der Waals surface area contributed by atoms with E-state index in [-0.39, 0.29) is 29.3 Å². The van der Waals surface area contributed by atoms with Crippen LogP contribution in [0.3, 0.4) is 0 Å². The number of amides is 1. The molecule has 2 saturated heterocycles. The zero-order chi connectivity index (χ0) is 14.8. The molecule has 3 heterocycles. The number of nitrogens with zero attached hydrogens (tertiary/aromatic N) is 1.